The third-order valence-corrected chi connectivity index (χ3v) is 5.36. The predicted octanol–water partition coefficient (Wildman–Crippen LogP) is 4.67. The number of sulfone groups is 1. The fourth-order valence-corrected chi connectivity index (χ4v) is 3.77. The maximum Gasteiger partial charge on any atom is 0.501 e. The molecule has 0 unspecified atom stereocenters. The average Bonchev–Trinajstić information content (AvgIpc) is 2.50. The molecule has 24 heavy (non-hydrogen) atoms. The molecule has 0 saturated heterocycles. The van der Waals surface area contributed by atoms with Gasteiger partial charge in [-0.15, -0.1) is 0 Å². The molecule has 0 aromatic heterocycles. The van der Waals surface area contributed by atoms with Crippen LogP contribution in [0.5, 0.6) is 0 Å². The summed E-state index contributed by atoms with van der Waals surface area (Å²) in [5, 5.41) is 0.645. The number of alkyl halides is 3. The van der Waals surface area contributed by atoms with Crippen molar-refractivity contribution in [3.05, 3.63) is 54.1 Å². The van der Waals surface area contributed by atoms with Crippen molar-refractivity contribution < 1.29 is 26.4 Å². The Morgan fingerprint density at radius 2 is 1.50 bits per heavy atom. The highest BCUT2D eigenvalue weighted by Gasteiger charge is 2.48. The van der Waals surface area contributed by atoms with Gasteiger partial charge in [0.1, 0.15) is 0 Å². The van der Waals surface area contributed by atoms with Crippen molar-refractivity contribution in [3.63, 3.8) is 0 Å². The summed E-state index contributed by atoms with van der Waals surface area (Å²) in [7, 11) is -5.70. The van der Waals surface area contributed by atoms with Gasteiger partial charge < -0.3 is 0 Å². The van der Waals surface area contributed by atoms with Gasteiger partial charge in [0.2, 0.25) is 0 Å². The number of carbonyl (C=O) groups excluding carboxylic acids is 1. The second-order valence-corrected chi connectivity index (χ2v) is 7.33. The van der Waals surface area contributed by atoms with E-state index in [0.29, 0.717) is 10.8 Å². The summed E-state index contributed by atoms with van der Waals surface area (Å²) in [4.78, 5) is 10.6. The van der Waals surface area contributed by atoms with Crippen LogP contribution in [-0.4, -0.2) is 19.2 Å². The molecule has 3 rings (SSSR count). The maximum absolute atomic E-state index is 12.9. The van der Waals surface area contributed by atoms with Crippen LogP contribution < -0.4 is 0 Å². The molecule has 0 amide bonds. The van der Waals surface area contributed by atoms with Gasteiger partial charge in [-0.05, 0) is 51.3 Å². The largest absolute Gasteiger partial charge is 0.501 e. The third kappa shape index (κ3) is 2.53. The fraction of sp³-hybridized carbons (Fsp3) is 0.0625. The van der Waals surface area contributed by atoms with E-state index in [1.807, 2.05) is 0 Å². The summed E-state index contributed by atoms with van der Waals surface area (Å²) >= 11 is 5.42. The number of rotatable bonds is 2. The first kappa shape index (κ1) is 16.7. The monoisotopic (exact) mass is 372 g/mol. The smallest absolute Gasteiger partial charge is 0.276 e. The Labute approximate surface area is 139 Å². The summed E-state index contributed by atoms with van der Waals surface area (Å²) in [6.45, 7) is 0. The quantitative estimate of drug-likeness (QED) is 0.485. The van der Waals surface area contributed by atoms with E-state index in [1.165, 1.54) is 12.1 Å². The molecule has 0 aliphatic carbocycles. The van der Waals surface area contributed by atoms with Crippen LogP contribution in [-0.2, 0) is 9.84 Å². The molecule has 0 fully saturated rings. The van der Waals surface area contributed by atoms with Crippen LogP contribution in [0.15, 0.2) is 53.4 Å². The first-order chi connectivity index (χ1) is 11.1. The predicted molar refractivity (Wildman–Crippen MR) is 84.9 cm³/mol. The molecule has 3 aromatic rings. The molecule has 3 nitrogen and oxygen atoms in total. The van der Waals surface area contributed by atoms with E-state index in [2.05, 4.69) is 0 Å². The molecule has 0 bridgehead atoms. The van der Waals surface area contributed by atoms with Gasteiger partial charge in [-0.2, -0.15) is 13.2 Å². The Bertz CT molecular complexity index is 1090. The number of halogens is 4. The van der Waals surface area contributed by atoms with Gasteiger partial charge in [-0.25, -0.2) is 8.42 Å². The minimum Gasteiger partial charge on any atom is -0.276 e. The van der Waals surface area contributed by atoms with Crippen molar-refractivity contribution in [2.75, 3.05) is 0 Å². The van der Waals surface area contributed by atoms with Gasteiger partial charge in [-0.1, -0.05) is 30.3 Å². The lowest BCUT2D eigenvalue weighted by atomic mass is 10.00. The number of benzene rings is 3. The molecule has 124 valence electrons. The van der Waals surface area contributed by atoms with Crippen LogP contribution in [0.3, 0.4) is 0 Å². The SMILES string of the molecule is O=C(Cl)c1c(S(=O)(=O)C(F)(F)F)ccc2cc3ccccc3cc12. The molecular formula is C16H8ClF3O3S. The standard InChI is InChI=1S/C16H8ClF3O3S/c17-15(21)14-12-8-10-4-2-1-3-9(10)7-11(12)5-6-13(14)24(22,23)16(18,19)20/h1-8H. The summed E-state index contributed by atoms with van der Waals surface area (Å²) < 4.78 is 62.1. The highest BCUT2D eigenvalue weighted by molar-refractivity contribution is 7.92. The highest BCUT2D eigenvalue weighted by Crippen LogP contribution is 2.37. The molecule has 0 aliphatic rings. The van der Waals surface area contributed by atoms with Crippen LogP contribution in [0, 0.1) is 0 Å². The summed E-state index contributed by atoms with van der Waals surface area (Å²) in [6.07, 6.45) is 0. The van der Waals surface area contributed by atoms with Gasteiger partial charge in [0, 0.05) is 0 Å². The van der Waals surface area contributed by atoms with E-state index >= 15 is 0 Å². The molecule has 0 N–H and O–H groups in total. The van der Waals surface area contributed by atoms with Gasteiger partial charge in [0.15, 0.2) is 0 Å². The van der Waals surface area contributed by atoms with Crippen LogP contribution in [0.2, 0.25) is 0 Å². The van der Waals surface area contributed by atoms with Crippen LogP contribution in [0.1, 0.15) is 10.4 Å². The number of hydrogen-bond donors (Lipinski definition) is 0. The molecular weight excluding hydrogens is 365 g/mol. The van der Waals surface area contributed by atoms with Crippen LogP contribution >= 0.6 is 11.6 Å². The van der Waals surface area contributed by atoms with E-state index < -0.39 is 31.0 Å². The van der Waals surface area contributed by atoms with E-state index in [0.717, 1.165) is 11.5 Å². The second-order valence-electron chi connectivity index (χ2n) is 5.08. The molecule has 0 saturated carbocycles. The number of carbonyl (C=O) groups is 1. The number of fused-ring (bicyclic) bond motifs is 2. The lowest BCUT2D eigenvalue weighted by molar-refractivity contribution is -0.0436. The lowest BCUT2D eigenvalue weighted by Crippen LogP contribution is -2.25. The van der Waals surface area contributed by atoms with Gasteiger partial charge >= 0.3 is 5.51 Å². The number of hydrogen-bond acceptors (Lipinski definition) is 3. The molecule has 0 aliphatic heterocycles. The van der Waals surface area contributed by atoms with Crippen molar-refractivity contribution >= 4 is 48.2 Å². The molecule has 3 aromatic carbocycles. The first-order valence-electron chi connectivity index (χ1n) is 6.59. The fourth-order valence-electron chi connectivity index (χ4n) is 2.55. The van der Waals surface area contributed by atoms with Crippen LogP contribution in [0.25, 0.3) is 21.5 Å². The van der Waals surface area contributed by atoms with E-state index in [4.69, 9.17) is 11.6 Å². The zero-order valence-corrected chi connectivity index (χ0v) is 13.3. The van der Waals surface area contributed by atoms with Gasteiger partial charge in [0.25, 0.3) is 15.1 Å². The van der Waals surface area contributed by atoms with E-state index in [-0.39, 0.29) is 5.39 Å². The molecule has 8 heteroatoms. The Morgan fingerprint density at radius 3 is 2.04 bits per heavy atom. The van der Waals surface area contributed by atoms with E-state index in [9.17, 15) is 26.4 Å². The Morgan fingerprint density at radius 1 is 0.917 bits per heavy atom. The van der Waals surface area contributed by atoms with Crippen molar-refractivity contribution in [3.8, 4) is 0 Å². The minimum absolute atomic E-state index is 0.0547. The molecule has 0 spiro atoms. The van der Waals surface area contributed by atoms with Crippen molar-refractivity contribution in [2.24, 2.45) is 0 Å². The molecule has 0 heterocycles. The normalized spacial score (nSPS) is 12.7. The van der Waals surface area contributed by atoms with E-state index in [1.54, 1.807) is 30.3 Å². The molecule has 0 atom stereocenters. The van der Waals surface area contributed by atoms with Crippen molar-refractivity contribution in [2.45, 2.75) is 10.4 Å². The van der Waals surface area contributed by atoms with Crippen molar-refractivity contribution in [1.29, 1.82) is 0 Å². The summed E-state index contributed by atoms with van der Waals surface area (Å²) in [6, 6.07) is 12.1. The topological polar surface area (TPSA) is 51.2 Å². The highest BCUT2D eigenvalue weighted by atomic mass is 35.5. The zero-order chi connectivity index (χ0) is 17.7. The third-order valence-electron chi connectivity index (χ3n) is 3.64. The summed E-state index contributed by atoms with van der Waals surface area (Å²) in [5.41, 5.74) is -6.20. The molecule has 0 radical (unpaired) electrons. The maximum atomic E-state index is 12.9. The Balaban J connectivity index is 2.47. The van der Waals surface area contributed by atoms with Crippen molar-refractivity contribution in [1.82, 2.24) is 0 Å². The minimum atomic E-state index is -5.70. The first-order valence-corrected chi connectivity index (χ1v) is 8.46. The van der Waals surface area contributed by atoms with Gasteiger partial charge in [0.05, 0.1) is 10.5 Å². The second kappa shape index (κ2) is 5.46. The Kier molecular flexibility index (Phi) is 3.80. The summed E-state index contributed by atoms with van der Waals surface area (Å²) in [5.74, 6) is 0. The Hall–Kier alpha value is -2.12. The van der Waals surface area contributed by atoms with Gasteiger partial charge in [-0.3, -0.25) is 4.79 Å². The zero-order valence-electron chi connectivity index (χ0n) is 11.8. The average molecular weight is 373 g/mol. The lowest BCUT2D eigenvalue weighted by Gasteiger charge is -2.13. The van der Waals surface area contributed by atoms with Crippen LogP contribution in [0.4, 0.5) is 13.2 Å².